The third kappa shape index (κ3) is 8.32. The van der Waals surface area contributed by atoms with Crippen LogP contribution < -0.4 is 27.6 Å². The van der Waals surface area contributed by atoms with Crippen molar-refractivity contribution in [3.8, 4) is 0 Å². The van der Waals surface area contributed by atoms with Gasteiger partial charge in [0.25, 0.3) is 5.91 Å². The highest BCUT2D eigenvalue weighted by Crippen LogP contribution is 2.02. The van der Waals surface area contributed by atoms with E-state index in [0.29, 0.717) is 0 Å². The second kappa shape index (κ2) is 10.6. The van der Waals surface area contributed by atoms with Gasteiger partial charge in [0.2, 0.25) is 11.8 Å². The number of primary amides is 1. The number of ether oxygens (including phenoxy) is 1. The number of hydrogen-bond acceptors (Lipinski definition) is 6. The van der Waals surface area contributed by atoms with Crippen molar-refractivity contribution in [3.05, 3.63) is 35.9 Å². The van der Waals surface area contributed by atoms with Crippen LogP contribution in [-0.4, -0.2) is 36.4 Å². The van der Waals surface area contributed by atoms with Crippen LogP contribution in [0.25, 0.3) is 0 Å². The summed E-state index contributed by atoms with van der Waals surface area (Å²) >= 11 is 0. The molecule has 0 heterocycles. The first kappa shape index (κ1) is 19.9. The molecule has 7 N–H and O–H groups in total. The van der Waals surface area contributed by atoms with Gasteiger partial charge >= 0.3 is 6.09 Å². The van der Waals surface area contributed by atoms with E-state index in [1.165, 1.54) is 0 Å². The fourth-order valence-corrected chi connectivity index (χ4v) is 1.80. The molecule has 10 heteroatoms. The lowest BCUT2D eigenvalue weighted by Crippen LogP contribution is -2.50. The Kier molecular flexibility index (Phi) is 8.44. The molecule has 10 nitrogen and oxygen atoms in total. The van der Waals surface area contributed by atoms with E-state index < -0.39 is 29.9 Å². The summed E-state index contributed by atoms with van der Waals surface area (Å²) in [6.45, 7) is -0.352. The molecule has 4 amide bonds. The number of carbonyl (C=O) groups is 4. The van der Waals surface area contributed by atoms with Gasteiger partial charge in [-0.2, -0.15) is 0 Å². The SMILES string of the molecule is NNC(=O)CNC(=O)[C@H](CCC(N)=O)NC(=O)OCc1ccccc1. The first-order valence-corrected chi connectivity index (χ1v) is 7.45. The Balaban J connectivity index is 2.55. The highest BCUT2D eigenvalue weighted by atomic mass is 16.5. The van der Waals surface area contributed by atoms with Gasteiger partial charge in [-0.15, -0.1) is 0 Å². The van der Waals surface area contributed by atoms with Gasteiger partial charge in [-0.3, -0.25) is 19.8 Å². The zero-order valence-corrected chi connectivity index (χ0v) is 13.5. The fourth-order valence-electron chi connectivity index (χ4n) is 1.80. The van der Waals surface area contributed by atoms with Crippen molar-refractivity contribution in [2.45, 2.75) is 25.5 Å². The van der Waals surface area contributed by atoms with Crippen LogP contribution in [-0.2, 0) is 25.7 Å². The van der Waals surface area contributed by atoms with Crippen LogP contribution >= 0.6 is 0 Å². The second-order valence-electron chi connectivity index (χ2n) is 5.05. The van der Waals surface area contributed by atoms with Gasteiger partial charge < -0.3 is 21.1 Å². The Hall–Kier alpha value is -3.14. The van der Waals surface area contributed by atoms with E-state index in [2.05, 4.69) is 10.6 Å². The monoisotopic (exact) mass is 351 g/mol. The Morgan fingerprint density at radius 3 is 2.40 bits per heavy atom. The van der Waals surface area contributed by atoms with E-state index in [4.69, 9.17) is 16.3 Å². The van der Waals surface area contributed by atoms with E-state index in [9.17, 15) is 19.2 Å². The molecule has 0 aliphatic carbocycles. The molecule has 0 aromatic heterocycles. The summed E-state index contributed by atoms with van der Waals surface area (Å²) in [5.74, 6) is 3.00. The summed E-state index contributed by atoms with van der Waals surface area (Å²) < 4.78 is 5.02. The quantitative estimate of drug-likeness (QED) is 0.210. The average molecular weight is 351 g/mol. The summed E-state index contributed by atoms with van der Waals surface area (Å²) in [5.41, 5.74) is 7.68. The van der Waals surface area contributed by atoms with Gasteiger partial charge in [0.05, 0.1) is 6.54 Å². The highest BCUT2D eigenvalue weighted by Gasteiger charge is 2.22. The smallest absolute Gasteiger partial charge is 0.408 e. The van der Waals surface area contributed by atoms with Crippen LogP contribution in [0.2, 0.25) is 0 Å². The summed E-state index contributed by atoms with van der Waals surface area (Å²) in [7, 11) is 0. The van der Waals surface area contributed by atoms with E-state index in [-0.39, 0.29) is 26.0 Å². The van der Waals surface area contributed by atoms with Gasteiger partial charge in [0, 0.05) is 6.42 Å². The lowest BCUT2D eigenvalue weighted by Gasteiger charge is -2.17. The predicted octanol–water partition coefficient (Wildman–Crippen LogP) is -1.35. The molecule has 1 aromatic rings. The minimum Gasteiger partial charge on any atom is -0.445 e. The van der Waals surface area contributed by atoms with Crippen LogP contribution in [0.3, 0.4) is 0 Å². The molecule has 1 atom stereocenters. The zero-order valence-electron chi connectivity index (χ0n) is 13.5. The topological polar surface area (TPSA) is 166 Å². The number of benzene rings is 1. The molecule has 0 radical (unpaired) electrons. The van der Waals surface area contributed by atoms with Crippen LogP contribution in [0.1, 0.15) is 18.4 Å². The van der Waals surface area contributed by atoms with Crippen LogP contribution in [0.5, 0.6) is 0 Å². The summed E-state index contributed by atoms with van der Waals surface area (Å²) in [6, 6.07) is 7.88. The van der Waals surface area contributed by atoms with E-state index >= 15 is 0 Å². The molecule has 0 spiro atoms. The number of carbonyl (C=O) groups excluding carboxylic acids is 4. The summed E-state index contributed by atoms with van der Waals surface area (Å²) in [6.07, 6.45) is -0.997. The minimum atomic E-state index is -1.08. The Morgan fingerprint density at radius 1 is 1.12 bits per heavy atom. The second-order valence-corrected chi connectivity index (χ2v) is 5.05. The Labute approximate surface area is 144 Å². The average Bonchev–Trinajstić information content (AvgIpc) is 2.61. The van der Waals surface area contributed by atoms with E-state index in [1.807, 2.05) is 11.5 Å². The van der Waals surface area contributed by atoms with E-state index in [0.717, 1.165) is 5.56 Å². The summed E-state index contributed by atoms with van der Waals surface area (Å²) in [4.78, 5) is 45.8. The molecule has 1 aromatic carbocycles. The molecule has 0 saturated carbocycles. The molecule has 0 unspecified atom stereocenters. The van der Waals surface area contributed by atoms with E-state index in [1.54, 1.807) is 24.3 Å². The van der Waals surface area contributed by atoms with Crippen molar-refractivity contribution in [2.24, 2.45) is 11.6 Å². The standard InChI is InChI=1S/C15H21N5O5/c16-12(21)7-6-11(14(23)18-8-13(22)20-17)19-15(24)25-9-10-4-2-1-3-5-10/h1-5,11H,6-9,17H2,(H2,16,21)(H,18,23)(H,19,24)(H,20,22)/t11-/m0/s1. The largest absolute Gasteiger partial charge is 0.445 e. The molecule has 0 aliphatic heterocycles. The van der Waals surface area contributed by atoms with Crippen molar-refractivity contribution in [1.82, 2.24) is 16.1 Å². The number of hydrogen-bond donors (Lipinski definition) is 5. The van der Waals surface area contributed by atoms with Crippen LogP contribution in [0.15, 0.2) is 30.3 Å². The summed E-state index contributed by atoms with van der Waals surface area (Å²) in [5, 5.41) is 4.62. The number of rotatable bonds is 9. The normalized spacial score (nSPS) is 11.1. The molecule has 0 aliphatic rings. The molecule has 25 heavy (non-hydrogen) atoms. The lowest BCUT2D eigenvalue weighted by molar-refractivity contribution is -0.127. The molecule has 0 bridgehead atoms. The Morgan fingerprint density at radius 2 is 1.80 bits per heavy atom. The van der Waals surface area contributed by atoms with Gasteiger partial charge in [-0.25, -0.2) is 10.6 Å². The number of nitrogens with two attached hydrogens (primary N) is 2. The number of hydrazine groups is 1. The molecule has 0 fully saturated rings. The Bertz CT molecular complexity index is 608. The number of nitrogens with one attached hydrogen (secondary N) is 3. The van der Waals surface area contributed by atoms with Crippen molar-refractivity contribution < 1.29 is 23.9 Å². The maximum Gasteiger partial charge on any atom is 0.408 e. The first-order chi connectivity index (χ1) is 11.9. The third-order valence-corrected chi connectivity index (χ3v) is 3.08. The van der Waals surface area contributed by atoms with Crippen molar-refractivity contribution in [1.29, 1.82) is 0 Å². The van der Waals surface area contributed by atoms with Crippen molar-refractivity contribution >= 4 is 23.8 Å². The maximum absolute atomic E-state index is 12.0. The lowest BCUT2D eigenvalue weighted by atomic mass is 10.1. The first-order valence-electron chi connectivity index (χ1n) is 7.45. The van der Waals surface area contributed by atoms with Crippen molar-refractivity contribution in [2.75, 3.05) is 6.54 Å². The molecular weight excluding hydrogens is 330 g/mol. The fraction of sp³-hybridized carbons (Fsp3) is 0.333. The van der Waals surface area contributed by atoms with Gasteiger partial charge in [-0.1, -0.05) is 30.3 Å². The number of amides is 4. The third-order valence-electron chi connectivity index (χ3n) is 3.08. The number of alkyl carbamates (subject to hydrolysis) is 1. The van der Waals surface area contributed by atoms with Gasteiger partial charge in [0.15, 0.2) is 0 Å². The zero-order chi connectivity index (χ0) is 18.7. The predicted molar refractivity (Wildman–Crippen MR) is 87.3 cm³/mol. The van der Waals surface area contributed by atoms with Crippen LogP contribution in [0, 0.1) is 0 Å². The van der Waals surface area contributed by atoms with Gasteiger partial charge in [-0.05, 0) is 12.0 Å². The van der Waals surface area contributed by atoms with Gasteiger partial charge in [0.1, 0.15) is 12.6 Å². The minimum absolute atomic E-state index is 0.0202. The van der Waals surface area contributed by atoms with Crippen molar-refractivity contribution in [3.63, 3.8) is 0 Å². The highest BCUT2D eigenvalue weighted by molar-refractivity contribution is 5.89. The maximum atomic E-state index is 12.0. The molecular formula is C15H21N5O5. The molecule has 1 rings (SSSR count). The molecule has 0 saturated heterocycles. The molecule has 136 valence electrons. The van der Waals surface area contributed by atoms with Crippen LogP contribution in [0.4, 0.5) is 4.79 Å².